The Balaban J connectivity index is 2.40. The number of nitro benzene ring substituents is 1. The van der Waals surface area contributed by atoms with Crippen molar-refractivity contribution >= 4 is 23.1 Å². The minimum atomic E-state index is -0.432. The molecule has 98 valence electrons. The summed E-state index contributed by atoms with van der Waals surface area (Å²) in [6.07, 6.45) is 0. The number of nitrogens with two attached hydrogens (primary N) is 1. The van der Waals surface area contributed by atoms with E-state index in [0.29, 0.717) is 4.90 Å². The topological polar surface area (TPSA) is 69.2 Å². The zero-order chi connectivity index (χ0) is 14.0. The summed E-state index contributed by atoms with van der Waals surface area (Å²) in [4.78, 5) is 12.2. The number of rotatable bonds is 3. The summed E-state index contributed by atoms with van der Waals surface area (Å²) in [6, 6.07) is 11.0. The second kappa shape index (κ2) is 5.32. The van der Waals surface area contributed by atoms with Crippen molar-refractivity contribution in [3.63, 3.8) is 0 Å². The van der Waals surface area contributed by atoms with E-state index in [4.69, 9.17) is 5.73 Å². The third-order valence-electron chi connectivity index (χ3n) is 2.92. The number of benzene rings is 2. The smallest absolute Gasteiger partial charge is 0.305 e. The molecule has 5 heteroatoms. The van der Waals surface area contributed by atoms with Crippen LogP contribution < -0.4 is 5.73 Å². The van der Waals surface area contributed by atoms with E-state index in [1.807, 2.05) is 32.0 Å². The SMILES string of the molecule is Cc1ccc(Sc2cccc(N)c2[N+](=O)[O-])cc1C. The molecule has 0 unspecified atom stereocenters. The van der Waals surface area contributed by atoms with Gasteiger partial charge in [0.25, 0.3) is 0 Å². The van der Waals surface area contributed by atoms with Gasteiger partial charge in [0.1, 0.15) is 5.69 Å². The van der Waals surface area contributed by atoms with Crippen LogP contribution >= 0.6 is 11.8 Å². The van der Waals surface area contributed by atoms with Crippen molar-refractivity contribution in [3.8, 4) is 0 Å². The van der Waals surface area contributed by atoms with Gasteiger partial charge in [-0.05, 0) is 49.2 Å². The third-order valence-corrected chi connectivity index (χ3v) is 3.96. The van der Waals surface area contributed by atoms with Crippen LogP contribution in [0.3, 0.4) is 0 Å². The molecule has 0 spiro atoms. The Kier molecular flexibility index (Phi) is 3.76. The van der Waals surface area contributed by atoms with Crippen LogP contribution in [-0.4, -0.2) is 4.92 Å². The van der Waals surface area contributed by atoms with Gasteiger partial charge in [0.2, 0.25) is 0 Å². The molecule has 19 heavy (non-hydrogen) atoms. The Hall–Kier alpha value is -2.01. The Morgan fingerprint density at radius 2 is 1.89 bits per heavy atom. The lowest BCUT2D eigenvalue weighted by molar-refractivity contribution is -0.386. The number of hydrogen-bond acceptors (Lipinski definition) is 4. The summed E-state index contributed by atoms with van der Waals surface area (Å²) < 4.78 is 0. The summed E-state index contributed by atoms with van der Waals surface area (Å²) in [6.45, 7) is 4.06. The summed E-state index contributed by atoms with van der Waals surface area (Å²) >= 11 is 1.36. The second-order valence-corrected chi connectivity index (χ2v) is 5.41. The maximum Gasteiger partial charge on any atom is 0.305 e. The van der Waals surface area contributed by atoms with Crippen molar-refractivity contribution < 1.29 is 4.92 Å². The molecular weight excluding hydrogens is 260 g/mol. The first-order chi connectivity index (χ1) is 8.99. The van der Waals surface area contributed by atoms with Gasteiger partial charge in [-0.1, -0.05) is 23.9 Å². The minimum absolute atomic E-state index is 0.0225. The molecule has 0 aliphatic rings. The van der Waals surface area contributed by atoms with Gasteiger partial charge in [-0.3, -0.25) is 10.1 Å². The predicted octanol–water partition coefficient (Wildman–Crippen LogP) is 3.95. The molecule has 0 radical (unpaired) electrons. The zero-order valence-corrected chi connectivity index (χ0v) is 11.5. The standard InChI is InChI=1S/C14H14N2O2S/c1-9-6-7-11(8-10(9)2)19-13-5-3-4-12(15)14(13)16(17)18/h3-8H,15H2,1-2H3. The van der Waals surface area contributed by atoms with Gasteiger partial charge in [-0.2, -0.15) is 0 Å². The molecule has 2 N–H and O–H groups in total. The predicted molar refractivity (Wildman–Crippen MR) is 77.5 cm³/mol. The average molecular weight is 274 g/mol. The Bertz CT molecular complexity index is 641. The molecule has 0 heterocycles. The highest BCUT2D eigenvalue weighted by Gasteiger charge is 2.18. The highest BCUT2D eigenvalue weighted by Crippen LogP contribution is 2.38. The van der Waals surface area contributed by atoms with E-state index in [1.54, 1.807) is 18.2 Å². The van der Waals surface area contributed by atoms with E-state index in [0.717, 1.165) is 10.5 Å². The van der Waals surface area contributed by atoms with Gasteiger partial charge in [-0.15, -0.1) is 0 Å². The van der Waals surface area contributed by atoms with E-state index in [9.17, 15) is 10.1 Å². The second-order valence-electron chi connectivity index (χ2n) is 4.30. The number of hydrogen-bond donors (Lipinski definition) is 1. The summed E-state index contributed by atoms with van der Waals surface area (Å²) in [5, 5.41) is 11.1. The van der Waals surface area contributed by atoms with E-state index in [-0.39, 0.29) is 11.4 Å². The molecule has 0 atom stereocenters. The Morgan fingerprint density at radius 1 is 1.16 bits per heavy atom. The van der Waals surface area contributed by atoms with Crippen LogP contribution in [0, 0.1) is 24.0 Å². The Morgan fingerprint density at radius 3 is 2.53 bits per heavy atom. The molecule has 2 aromatic rings. The Labute approximate surface area is 115 Å². The van der Waals surface area contributed by atoms with Gasteiger partial charge >= 0.3 is 5.69 Å². The maximum atomic E-state index is 11.1. The molecular formula is C14H14N2O2S. The van der Waals surface area contributed by atoms with Crippen LogP contribution in [0.4, 0.5) is 11.4 Å². The van der Waals surface area contributed by atoms with Gasteiger partial charge < -0.3 is 5.73 Å². The number of para-hydroxylation sites is 1. The van der Waals surface area contributed by atoms with Crippen molar-refractivity contribution in [1.29, 1.82) is 0 Å². The molecule has 0 amide bonds. The van der Waals surface area contributed by atoms with Crippen LogP contribution in [-0.2, 0) is 0 Å². The molecule has 0 fully saturated rings. The number of aryl methyl sites for hydroxylation is 2. The van der Waals surface area contributed by atoms with Crippen molar-refractivity contribution in [3.05, 3.63) is 57.6 Å². The molecule has 0 saturated carbocycles. The van der Waals surface area contributed by atoms with Crippen LogP contribution in [0.15, 0.2) is 46.2 Å². The average Bonchev–Trinajstić information content (AvgIpc) is 2.33. The summed E-state index contributed by atoms with van der Waals surface area (Å²) in [7, 11) is 0. The first-order valence-electron chi connectivity index (χ1n) is 5.77. The lowest BCUT2D eigenvalue weighted by Gasteiger charge is -2.07. The van der Waals surface area contributed by atoms with E-state index >= 15 is 0 Å². The lowest BCUT2D eigenvalue weighted by Crippen LogP contribution is -1.97. The molecule has 0 saturated heterocycles. The molecule has 4 nitrogen and oxygen atoms in total. The number of nitrogens with zero attached hydrogens (tertiary/aromatic N) is 1. The van der Waals surface area contributed by atoms with E-state index < -0.39 is 4.92 Å². The maximum absolute atomic E-state index is 11.1. The zero-order valence-electron chi connectivity index (χ0n) is 10.7. The normalized spacial score (nSPS) is 10.4. The summed E-state index contributed by atoms with van der Waals surface area (Å²) in [5.41, 5.74) is 8.21. The third kappa shape index (κ3) is 2.88. The lowest BCUT2D eigenvalue weighted by atomic mass is 10.1. The van der Waals surface area contributed by atoms with Crippen LogP contribution in [0.5, 0.6) is 0 Å². The van der Waals surface area contributed by atoms with Crippen LogP contribution in [0.2, 0.25) is 0 Å². The number of nitrogen functional groups attached to an aromatic ring is 1. The van der Waals surface area contributed by atoms with Crippen molar-refractivity contribution in [2.24, 2.45) is 0 Å². The molecule has 2 aromatic carbocycles. The van der Waals surface area contributed by atoms with Crippen molar-refractivity contribution in [2.45, 2.75) is 23.6 Å². The van der Waals surface area contributed by atoms with Crippen molar-refractivity contribution in [1.82, 2.24) is 0 Å². The monoisotopic (exact) mass is 274 g/mol. The van der Waals surface area contributed by atoms with Crippen LogP contribution in [0.1, 0.15) is 11.1 Å². The van der Waals surface area contributed by atoms with Gasteiger partial charge in [0, 0.05) is 4.90 Å². The fourth-order valence-corrected chi connectivity index (χ4v) is 2.78. The van der Waals surface area contributed by atoms with Crippen LogP contribution in [0.25, 0.3) is 0 Å². The highest BCUT2D eigenvalue weighted by atomic mass is 32.2. The van der Waals surface area contributed by atoms with E-state index in [2.05, 4.69) is 0 Å². The number of anilines is 1. The van der Waals surface area contributed by atoms with Gasteiger partial charge in [0.05, 0.1) is 9.82 Å². The first-order valence-corrected chi connectivity index (χ1v) is 6.58. The first kappa shape index (κ1) is 13.4. The van der Waals surface area contributed by atoms with E-state index in [1.165, 1.54) is 17.3 Å². The molecule has 2 rings (SSSR count). The van der Waals surface area contributed by atoms with Gasteiger partial charge in [-0.25, -0.2) is 0 Å². The number of nitro groups is 1. The molecule has 0 aliphatic carbocycles. The molecule has 0 bridgehead atoms. The molecule has 0 aromatic heterocycles. The highest BCUT2D eigenvalue weighted by molar-refractivity contribution is 7.99. The quantitative estimate of drug-likeness (QED) is 0.523. The minimum Gasteiger partial charge on any atom is -0.393 e. The fraction of sp³-hybridized carbons (Fsp3) is 0.143. The largest absolute Gasteiger partial charge is 0.393 e. The fourth-order valence-electron chi connectivity index (χ4n) is 1.72. The molecule has 0 aliphatic heterocycles. The van der Waals surface area contributed by atoms with Gasteiger partial charge in [0.15, 0.2) is 0 Å². The summed E-state index contributed by atoms with van der Waals surface area (Å²) in [5.74, 6) is 0. The van der Waals surface area contributed by atoms with Crippen molar-refractivity contribution in [2.75, 3.05) is 5.73 Å².